The zero-order valence-electron chi connectivity index (χ0n) is 19.2. The largest absolute Gasteiger partial charge is 0.368 e. The first-order valence-electron chi connectivity index (χ1n) is 12.1. The molecular weight excluding hydrogens is 435 g/mol. The highest BCUT2D eigenvalue weighted by molar-refractivity contribution is 5.83. The van der Waals surface area contributed by atoms with Crippen LogP contribution >= 0.6 is 0 Å². The summed E-state index contributed by atoms with van der Waals surface area (Å²) in [4.78, 5) is 36.2. The van der Waals surface area contributed by atoms with Crippen LogP contribution in [0.4, 0.5) is 10.1 Å². The van der Waals surface area contributed by atoms with E-state index in [0.717, 1.165) is 24.3 Å². The second kappa shape index (κ2) is 10.1. The molecule has 3 aliphatic rings. The summed E-state index contributed by atoms with van der Waals surface area (Å²) in [6.45, 7) is 4.06. The highest BCUT2D eigenvalue weighted by Gasteiger charge is 2.36. The van der Waals surface area contributed by atoms with Crippen molar-refractivity contribution >= 4 is 17.5 Å². The molecule has 1 aromatic carbocycles. The molecule has 0 bridgehead atoms. The zero-order valence-corrected chi connectivity index (χ0v) is 19.2. The lowest BCUT2D eigenvalue weighted by Crippen LogP contribution is -2.53. The van der Waals surface area contributed by atoms with Gasteiger partial charge in [0.05, 0.1) is 0 Å². The molecule has 5 rings (SSSR count). The number of hydrogen-bond donors (Lipinski definition) is 2. The zero-order chi connectivity index (χ0) is 23.5. The van der Waals surface area contributed by atoms with Crippen LogP contribution in [0.1, 0.15) is 30.9 Å². The van der Waals surface area contributed by atoms with Crippen molar-refractivity contribution < 1.29 is 14.0 Å². The molecule has 3 fully saturated rings. The molecule has 3 saturated heterocycles. The van der Waals surface area contributed by atoms with Crippen LogP contribution in [0.15, 0.2) is 48.8 Å². The minimum atomic E-state index is -0.259. The Kier molecular flexibility index (Phi) is 6.73. The maximum absolute atomic E-state index is 13.2. The van der Waals surface area contributed by atoms with E-state index in [1.54, 1.807) is 24.5 Å². The molecule has 8 nitrogen and oxygen atoms in total. The van der Waals surface area contributed by atoms with E-state index in [-0.39, 0.29) is 35.6 Å². The number of benzene rings is 1. The number of nitrogens with one attached hydrogen (secondary N) is 2. The summed E-state index contributed by atoms with van der Waals surface area (Å²) >= 11 is 0. The molecule has 4 heterocycles. The first-order chi connectivity index (χ1) is 16.6. The van der Waals surface area contributed by atoms with Gasteiger partial charge in [-0.3, -0.25) is 14.6 Å². The van der Waals surface area contributed by atoms with Crippen molar-refractivity contribution in [2.75, 3.05) is 44.2 Å². The minimum absolute atomic E-state index is 0.0272. The van der Waals surface area contributed by atoms with Gasteiger partial charge in [0.2, 0.25) is 11.8 Å². The number of nitrogens with zero attached hydrogens (tertiary/aromatic N) is 4. The van der Waals surface area contributed by atoms with Gasteiger partial charge in [-0.2, -0.15) is 0 Å². The fraction of sp³-hybridized carbons (Fsp3) is 0.480. The number of piperazine rings is 1. The SMILES string of the molecule is O=C(C1CCN(C(=O)C2CC(c3ccncc3)NN2)CC1)N1CCN(c2ccc(F)cc2)CC1. The lowest BCUT2D eigenvalue weighted by molar-refractivity contribution is -0.141. The fourth-order valence-corrected chi connectivity index (χ4v) is 5.19. The van der Waals surface area contributed by atoms with Crippen LogP contribution in [0.25, 0.3) is 0 Å². The number of aromatic nitrogens is 1. The van der Waals surface area contributed by atoms with Crippen molar-refractivity contribution in [3.8, 4) is 0 Å². The van der Waals surface area contributed by atoms with Gasteiger partial charge in [0, 0.05) is 69.3 Å². The third kappa shape index (κ3) is 4.90. The third-order valence-electron chi connectivity index (χ3n) is 7.25. The van der Waals surface area contributed by atoms with E-state index in [0.29, 0.717) is 45.4 Å². The molecule has 2 aromatic rings. The van der Waals surface area contributed by atoms with Gasteiger partial charge in [0.1, 0.15) is 11.9 Å². The van der Waals surface area contributed by atoms with Gasteiger partial charge in [0.15, 0.2) is 0 Å². The molecule has 34 heavy (non-hydrogen) atoms. The third-order valence-corrected chi connectivity index (χ3v) is 7.25. The number of piperidine rings is 1. The van der Waals surface area contributed by atoms with Crippen LogP contribution in [0.2, 0.25) is 0 Å². The van der Waals surface area contributed by atoms with Crippen molar-refractivity contribution in [2.24, 2.45) is 5.92 Å². The van der Waals surface area contributed by atoms with Gasteiger partial charge in [-0.15, -0.1) is 0 Å². The van der Waals surface area contributed by atoms with Gasteiger partial charge >= 0.3 is 0 Å². The van der Waals surface area contributed by atoms with Crippen molar-refractivity contribution in [3.05, 3.63) is 60.2 Å². The maximum atomic E-state index is 13.2. The van der Waals surface area contributed by atoms with Gasteiger partial charge < -0.3 is 14.7 Å². The molecule has 2 amide bonds. The summed E-state index contributed by atoms with van der Waals surface area (Å²) in [5.41, 5.74) is 8.47. The molecule has 180 valence electrons. The number of hydrogen-bond acceptors (Lipinski definition) is 6. The van der Waals surface area contributed by atoms with E-state index in [4.69, 9.17) is 0 Å². The number of carbonyl (C=O) groups excluding carboxylic acids is 2. The number of halogens is 1. The molecule has 0 saturated carbocycles. The summed E-state index contributed by atoms with van der Waals surface area (Å²) in [5.74, 6) is 0.0312. The molecule has 2 unspecified atom stereocenters. The Morgan fingerprint density at radius 2 is 1.47 bits per heavy atom. The summed E-state index contributed by atoms with van der Waals surface area (Å²) in [5, 5.41) is 0. The minimum Gasteiger partial charge on any atom is -0.368 e. The standard InChI is InChI=1S/C25H31FN6O2/c26-20-1-3-21(4-2-20)30-13-15-32(16-14-30)24(33)19-7-11-31(12-8-19)25(34)23-17-22(28-29-23)18-5-9-27-10-6-18/h1-6,9-10,19,22-23,28-29H,7-8,11-17H2. The predicted molar refractivity (Wildman–Crippen MR) is 126 cm³/mol. The second-order valence-corrected chi connectivity index (χ2v) is 9.30. The number of hydrazine groups is 1. The van der Waals surface area contributed by atoms with Crippen molar-refractivity contribution in [1.82, 2.24) is 25.6 Å². The molecule has 3 aliphatic heterocycles. The van der Waals surface area contributed by atoms with Crippen molar-refractivity contribution in [2.45, 2.75) is 31.3 Å². The van der Waals surface area contributed by atoms with Crippen molar-refractivity contribution in [3.63, 3.8) is 0 Å². The first-order valence-corrected chi connectivity index (χ1v) is 12.1. The summed E-state index contributed by atoms with van der Waals surface area (Å²) in [7, 11) is 0. The number of rotatable bonds is 4. The Bertz CT molecular complexity index is 988. The topological polar surface area (TPSA) is 80.8 Å². The Hall–Kier alpha value is -3.04. The monoisotopic (exact) mass is 466 g/mol. The highest BCUT2D eigenvalue weighted by atomic mass is 19.1. The van der Waals surface area contributed by atoms with Gasteiger partial charge in [-0.05, 0) is 61.2 Å². The van der Waals surface area contributed by atoms with E-state index in [1.807, 2.05) is 21.9 Å². The molecule has 2 N–H and O–H groups in total. The first kappa shape index (κ1) is 22.7. The van der Waals surface area contributed by atoms with Crippen LogP contribution < -0.4 is 15.8 Å². The molecule has 2 atom stereocenters. The van der Waals surface area contributed by atoms with Crippen LogP contribution in [0, 0.1) is 11.7 Å². The van der Waals surface area contributed by atoms with E-state index in [9.17, 15) is 14.0 Å². The average Bonchev–Trinajstić information content (AvgIpc) is 3.40. The second-order valence-electron chi connectivity index (χ2n) is 9.30. The quantitative estimate of drug-likeness (QED) is 0.714. The summed E-state index contributed by atoms with van der Waals surface area (Å²) < 4.78 is 13.2. The van der Waals surface area contributed by atoms with Crippen LogP contribution in [0.3, 0.4) is 0 Å². The number of anilines is 1. The number of amides is 2. The van der Waals surface area contributed by atoms with E-state index >= 15 is 0 Å². The Balaban J connectivity index is 1.08. The molecule has 0 radical (unpaired) electrons. The lowest BCUT2D eigenvalue weighted by atomic mass is 9.94. The maximum Gasteiger partial charge on any atom is 0.241 e. The smallest absolute Gasteiger partial charge is 0.241 e. The van der Waals surface area contributed by atoms with Crippen LogP contribution in [-0.4, -0.2) is 71.9 Å². The van der Waals surface area contributed by atoms with Crippen LogP contribution in [0.5, 0.6) is 0 Å². The molecule has 1 aromatic heterocycles. The number of carbonyl (C=O) groups is 2. The van der Waals surface area contributed by atoms with Crippen LogP contribution in [-0.2, 0) is 9.59 Å². The Morgan fingerprint density at radius 1 is 0.824 bits per heavy atom. The number of pyridine rings is 1. The molecule has 9 heteroatoms. The molecule has 0 spiro atoms. The predicted octanol–water partition coefficient (Wildman–Crippen LogP) is 1.72. The van der Waals surface area contributed by atoms with E-state index in [1.165, 1.54) is 12.1 Å². The van der Waals surface area contributed by atoms with Gasteiger partial charge in [0.25, 0.3) is 0 Å². The number of likely N-dealkylation sites (tertiary alicyclic amines) is 1. The highest BCUT2D eigenvalue weighted by Crippen LogP contribution is 2.26. The van der Waals surface area contributed by atoms with Crippen molar-refractivity contribution in [1.29, 1.82) is 0 Å². The van der Waals surface area contributed by atoms with Gasteiger partial charge in [-0.1, -0.05) is 0 Å². The molecular formula is C25H31FN6O2. The van der Waals surface area contributed by atoms with E-state index < -0.39 is 0 Å². The Morgan fingerprint density at radius 3 is 2.15 bits per heavy atom. The average molecular weight is 467 g/mol. The molecule has 0 aliphatic carbocycles. The van der Waals surface area contributed by atoms with E-state index in [2.05, 4.69) is 20.7 Å². The van der Waals surface area contributed by atoms with Gasteiger partial charge in [-0.25, -0.2) is 15.2 Å². The summed E-state index contributed by atoms with van der Waals surface area (Å²) in [6.07, 6.45) is 5.63. The Labute approximate surface area is 199 Å². The lowest BCUT2D eigenvalue weighted by Gasteiger charge is -2.39. The summed E-state index contributed by atoms with van der Waals surface area (Å²) in [6, 6.07) is 10.3. The normalized spacial score (nSPS) is 23.9. The fourth-order valence-electron chi connectivity index (χ4n) is 5.19.